The van der Waals surface area contributed by atoms with Gasteiger partial charge in [-0.1, -0.05) is 66.1 Å². The highest BCUT2D eigenvalue weighted by Crippen LogP contribution is 2.39. The first kappa shape index (κ1) is 27.1. The molecule has 2 rings (SSSR count). The fourth-order valence-corrected chi connectivity index (χ4v) is 6.50. The molecular weight excluding hydrogens is 444 g/mol. The Morgan fingerprint density at radius 3 is 2.38 bits per heavy atom. The Morgan fingerprint density at radius 1 is 1.00 bits per heavy atom. The maximum absolute atomic E-state index is 12.2. The van der Waals surface area contributed by atoms with E-state index in [4.69, 9.17) is 14.2 Å². The second-order valence-electron chi connectivity index (χ2n) is 8.64. The highest BCUT2D eigenvalue weighted by molar-refractivity contribution is 8.77. The SMILES string of the molecule is CC(C)Cc1ccc(C(C)C(=O)OCCOCCOC(=O)CCCCC2CCSS2)cc1. The van der Waals surface area contributed by atoms with Crippen molar-refractivity contribution in [2.45, 2.75) is 70.5 Å². The largest absolute Gasteiger partial charge is 0.463 e. The molecule has 2 atom stereocenters. The number of benzene rings is 1. The molecule has 0 bridgehead atoms. The topological polar surface area (TPSA) is 61.8 Å². The fourth-order valence-electron chi connectivity index (χ4n) is 3.47. The van der Waals surface area contributed by atoms with Crippen LogP contribution in [0.25, 0.3) is 0 Å². The lowest BCUT2D eigenvalue weighted by molar-refractivity contribution is -0.147. The number of rotatable bonds is 15. The number of hydrogen-bond acceptors (Lipinski definition) is 7. The molecule has 0 amide bonds. The molecule has 7 heteroatoms. The molecule has 1 saturated heterocycles. The van der Waals surface area contributed by atoms with Crippen LogP contribution in [0.3, 0.4) is 0 Å². The van der Waals surface area contributed by atoms with Crippen molar-refractivity contribution < 1.29 is 23.8 Å². The van der Waals surface area contributed by atoms with Crippen LogP contribution in [0.5, 0.6) is 0 Å². The number of esters is 2. The normalized spacial score (nSPS) is 16.8. The van der Waals surface area contributed by atoms with E-state index >= 15 is 0 Å². The van der Waals surface area contributed by atoms with Gasteiger partial charge in [0.2, 0.25) is 0 Å². The molecule has 0 saturated carbocycles. The second kappa shape index (κ2) is 15.6. The number of unbranched alkanes of at least 4 members (excludes halogenated alkanes) is 1. The zero-order chi connectivity index (χ0) is 23.2. The van der Waals surface area contributed by atoms with E-state index < -0.39 is 0 Å². The molecule has 5 nitrogen and oxygen atoms in total. The van der Waals surface area contributed by atoms with Gasteiger partial charge in [-0.2, -0.15) is 0 Å². The van der Waals surface area contributed by atoms with E-state index in [0.29, 0.717) is 25.6 Å². The average Bonchev–Trinajstić information content (AvgIpc) is 3.29. The maximum atomic E-state index is 12.2. The van der Waals surface area contributed by atoms with Crippen LogP contribution in [0.1, 0.15) is 69.9 Å². The Balaban J connectivity index is 1.46. The molecule has 1 heterocycles. The van der Waals surface area contributed by atoms with Gasteiger partial charge in [-0.3, -0.25) is 9.59 Å². The Hall–Kier alpha value is -1.18. The van der Waals surface area contributed by atoms with Crippen molar-refractivity contribution in [3.05, 3.63) is 35.4 Å². The van der Waals surface area contributed by atoms with E-state index in [2.05, 4.69) is 26.0 Å². The smallest absolute Gasteiger partial charge is 0.313 e. The molecule has 2 unspecified atom stereocenters. The lowest BCUT2D eigenvalue weighted by atomic mass is 9.97. The summed E-state index contributed by atoms with van der Waals surface area (Å²) in [4.78, 5) is 24.0. The summed E-state index contributed by atoms with van der Waals surface area (Å²) in [6.07, 6.45) is 5.95. The first-order valence-corrected chi connectivity index (χ1v) is 14.1. The van der Waals surface area contributed by atoms with E-state index in [9.17, 15) is 9.59 Å². The van der Waals surface area contributed by atoms with Crippen LogP contribution in [0, 0.1) is 5.92 Å². The molecule has 1 aliphatic rings. The van der Waals surface area contributed by atoms with Crippen molar-refractivity contribution in [3.63, 3.8) is 0 Å². The first-order valence-electron chi connectivity index (χ1n) is 11.7. The molecule has 1 aromatic rings. The predicted molar refractivity (Wildman–Crippen MR) is 133 cm³/mol. The van der Waals surface area contributed by atoms with Crippen molar-refractivity contribution >= 4 is 33.5 Å². The summed E-state index contributed by atoms with van der Waals surface area (Å²) in [5.41, 5.74) is 2.23. The Labute approximate surface area is 201 Å². The number of ether oxygens (including phenoxy) is 3. The third kappa shape index (κ3) is 11.1. The average molecular weight is 483 g/mol. The van der Waals surface area contributed by atoms with Crippen molar-refractivity contribution in [1.29, 1.82) is 0 Å². The van der Waals surface area contributed by atoms with Gasteiger partial charge in [-0.25, -0.2) is 0 Å². The number of hydrogen-bond donors (Lipinski definition) is 0. The first-order chi connectivity index (χ1) is 15.5. The third-order valence-electron chi connectivity index (χ3n) is 5.32. The second-order valence-corrected chi connectivity index (χ2v) is 11.4. The minimum absolute atomic E-state index is 0.165. The van der Waals surface area contributed by atoms with Gasteiger partial charge in [0.1, 0.15) is 13.2 Å². The van der Waals surface area contributed by atoms with Gasteiger partial charge in [0.25, 0.3) is 0 Å². The van der Waals surface area contributed by atoms with E-state index in [0.717, 1.165) is 30.1 Å². The highest BCUT2D eigenvalue weighted by atomic mass is 33.1. The summed E-state index contributed by atoms with van der Waals surface area (Å²) in [6, 6.07) is 8.16. The van der Waals surface area contributed by atoms with Gasteiger partial charge >= 0.3 is 11.9 Å². The number of carbonyl (C=O) groups is 2. The molecule has 180 valence electrons. The van der Waals surface area contributed by atoms with Crippen LogP contribution >= 0.6 is 21.6 Å². The highest BCUT2D eigenvalue weighted by Gasteiger charge is 2.17. The standard InChI is InChI=1S/C25H38O5S2/c1-19(2)18-21-8-10-22(11-9-21)20(3)25(27)30-16-14-28-13-15-29-24(26)7-5-4-6-23-12-17-31-32-23/h8-11,19-20,23H,4-7,12-18H2,1-3H3. The summed E-state index contributed by atoms with van der Waals surface area (Å²) in [5.74, 6) is 1.13. The summed E-state index contributed by atoms with van der Waals surface area (Å²) in [7, 11) is 3.93. The zero-order valence-electron chi connectivity index (χ0n) is 19.7. The van der Waals surface area contributed by atoms with Crippen molar-refractivity contribution in [1.82, 2.24) is 0 Å². The summed E-state index contributed by atoms with van der Waals surface area (Å²) >= 11 is 0. The van der Waals surface area contributed by atoms with Gasteiger partial charge in [-0.05, 0) is 49.7 Å². The summed E-state index contributed by atoms with van der Waals surface area (Å²) < 4.78 is 15.9. The van der Waals surface area contributed by atoms with E-state index in [1.54, 1.807) is 0 Å². The molecule has 0 radical (unpaired) electrons. The van der Waals surface area contributed by atoms with Crippen LogP contribution in [0.2, 0.25) is 0 Å². The van der Waals surface area contributed by atoms with E-state index in [1.165, 1.54) is 24.2 Å². The lowest BCUT2D eigenvalue weighted by Crippen LogP contribution is -2.17. The van der Waals surface area contributed by atoms with Gasteiger partial charge in [0, 0.05) is 17.4 Å². The van der Waals surface area contributed by atoms with Gasteiger partial charge in [-0.15, -0.1) is 0 Å². The van der Waals surface area contributed by atoms with Crippen molar-refractivity contribution in [2.75, 3.05) is 32.2 Å². The number of carbonyl (C=O) groups excluding carboxylic acids is 2. The molecule has 0 aliphatic carbocycles. The summed E-state index contributed by atoms with van der Waals surface area (Å²) in [6.45, 7) is 7.27. The van der Waals surface area contributed by atoms with Crippen LogP contribution in [-0.4, -0.2) is 49.4 Å². The van der Waals surface area contributed by atoms with Crippen LogP contribution in [-0.2, 0) is 30.2 Å². The zero-order valence-corrected chi connectivity index (χ0v) is 21.3. The molecular formula is C25H38O5S2. The predicted octanol–water partition coefficient (Wildman–Crippen LogP) is 5.81. The molecule has 0 spiro atoms. The Kier molecular flexibility index (Phi) is 13.2. The molecule has 32 heavy (non-hydrogen) atoms. The lowest BCUT2D eigenvalue weighted by Gasteiger charge is -2.13. The minimum Gasteiger partial charge on any atom is -0.463 e. The molecule has 1 aliphatic heterocycles. The van der Waals surface area contributed by atoms with Crippen LogP contribution in [0.4, 0.5) is 0 Å². The summed E-state index contributed by atoms with van der Waals surface area (Å²) in [5, 5.41) is 0.761. The fraction of sp³-hybridized carbons (Fsp3) is 0.680. The van der Waals surface area contributed by atoms with Gasteiger partial charge in [0.15, 0.2) is 0 Å². The molecule has 0 aromatic heterocycles. The third-order valence-corrected chi connectivity index (χ3v) is 8.33. The quantitative estimate of drug-likeness (QED) is 0.178. The Morgan fingerprint density at radius 2 is 1.72 bits per heavy atom. The monoisotopic (exact) mass is 482 g/mol. The van der Waals surface area contributed by atoms with E-state index in [-0.39, 0.29) is 31.1 Å². The molecule has 0 N–H and O–H groups in total. The van der Waals surface area contributed by atoms with Gasteiger partial charge < -0.3 is 14.2 Å². The van der Waals surface area contributed by atoms with E-state index in [1.807, 2.05) is 40.6 Å². The Bertz CT molecular complexity index is 671. The van der Waals surface area contributed by atoms with Crippen molar-refractivity contribution in [2.24, 2.45) is 5.92 Å². The maximum Gasteiger partial charge on any atom is 0.313 e. The van der Waals surface area contributed by atoms with Crippen molar-refractivity contribution in [3.8, 4) is 0 Å². The molecule has 1 fully saturated rings. The van der Waals surface area contributed by atoms with Crippen LogP contribution < -0.4 is 0 Å². The molecule has 1 aromatic carbocycles. The minimum atomic E-state index is -0.310. The van der Waals surface area contributed by atoms with Crippen LogP contribution in [0.15, 0.2) is 24.3 Å². The van der Waals surface area contributed by atoms with Gasteiger partial charge in [0.05, 0.1) is 19.1 Å².